The fourth-order valence-electron chi connectivity index (χ4n) is 1.25. The van der Waals surface area contributed by atoms with Crippen molar-refractivity contribution in [2.75, 3.05) is 0 Å². The van der Waals surface area contributed by atoms with Crippen LogP contribution in [0.4, 0.5) is 0 Å². The van der Waals surface area contributed by atoms with E-state index in [4.69, 9.17) is 0 Å². The minimum absolute atomic E-state index is 0.919. The van der Waals surface area contributed by atoms with Gasteiger partial charge in [-0.25, -0.2) is 0 Å². The molecule has 0 amide bonds. The number of hydrogen-bond acceptors (Lipinski definition) is 0. The molecule has 0 atom stereocenters. The van der Waals surface area contributed by atoms with Gasteiger partial charge in [0, 0.05) is 0 Å². The molecule has 0 nitrogen and oxygen atoms in total. The molecule has 0 heterocycles. The summed E-state index contributed by atoms with van der Waals surface area (Å²) in [5.41, 5.74) is 3.75. The summed E-state index contributed by atoms with van der Waals surface area (Å²) in [4.78, 5) is 0. The van der Waals surface area contributed by atoms with Crippen LogP contribution in [0.3, 0.4) is 0 Å². The van der Waals surface area contributed by atoms with E-state index in [0.29, 0.717) is 0 Å². The molecule has 1 aromatic rings. The van der Waals surface area contributed by atoms with Gasteiger partial charge in [0.15, 0.2) is 0 Å². The molecule has 0 aliphatic carbocycles. The van der Waals surface area contributed by atoms with Crippen molar-refractivity contribution >= 4 is 0 Å². The van der Waals surface area contributed by atoms with Crippen LogP contribution in [0.1, 0.15) is 16.7 Å². The second-order valence-electron chi connectivity index (χ2n) is 2.86. The van der Waals surface area contributed by atoms with Crippen molar-refractivity contribution in [2.24, 2.45) is 0 Å². The first-order chi connectivity index (χ1) is 5.22. The van der Waals surface area contributed by atoms with Crippen LogP contribution in [-0.4, -0.2) is 0 Å². The molecule has 1 aromatic carbocycles. The maximum absolute atomic E-state index is 3.70. The Hall–Kier alpha value is -1.04. The van der Waals surface area contributed by atoms with E-state index >= 15 is 0 Å². The van der Waals surface area contributed by atoms with Crippen LogP contribution in [0.15, 0.2) is 24.8 Å². The lowest BCUT2D eigenvalue weighted by Crippen LogP contribution is -1.85. The van der Waals surface area contributed by atoms with Gasteiger partial charge in [-0.15, -0.1) is 6.58 Å². The maximum Gasteiger partial charge on any atom is -0.00938 e. The molecule has 0 fully saturated rings. The van der Waals surface area contributed by atoms with Gasteiger partial charge < -0.3 is 0 Å². The molecule has 0 spiro atoms. The first-order valence-electron chi connectivity index (χ1n) is 3.82. The summed E-state index contributed by atoms with van der Waals surface area (Å²) in [6, 6.07) is 7.56. The van der Waals surface area contributed by atoms with Crippen molar-refractivity contribution in [3.05, 3.63) is 47.5 Å². The van der Waals surface area contributed by atoms with Crippen LogP contribution in [0.2, 0.25) is 0 Å². The number of benzene rings is 1. The van der Waals surface area contributed by atoms with Gasteiger partial charge in [0.05, 0.1) is 0 Å². The third kappa shape index (κ3) is 2.23. The summed E-state index contributed by atoms with van der Waals surface area (Å²) in [7, 11) is 0. The summed E-state index contributed by atoms with van der Waals surface area (Å²) in [6.07, 6.45) is 2.83. The topological polar surface area (TPSA) is 0 Å². The zero-order chi connectivity index (χ0) is 8.27. The largest absolute Gasteiger partial charge is 0.103 e. The SMILES string of the molecule is C=CCc1[c]c(C)cc(C)c1. The molecule has 0 heteroatoms. The Morgan fingerprint density at radius 1 is 1.45 bits per heavy atom. The predicted molar refractivity (Wildman–Crippen MR) is 48.7 cm³/mol. The fraction of sp³-hybridized carbons (Fsp3) is 0.273. The zero-order valence-electron chi connectivity index (χ0n) is 7.15. The smallest absolute Gasteiger partial charge is 0.00938 e. The van der Waals surface area contributed by atoms with Crippen LogP contribution in [0.25, 0.3) is 0 Å². The molecular formula is C11H13. The van der Waals surface area contributed by atoms with Gasteiger partial charge in [0.1, 0.15) is 0 Å². The van der Waals surface area contributed by atoms with Crippen molar-refractivity contribution in [3.63, 3.8) is 0 Å². The van der Waals surface area contributed by atoms with Crippen molar-refractivity contribution in [1.82, 2.24) is 0 Å². The standard InChI is InChI=1S/C11H13/c1-4-5-11-7-9(2)6-10(3)8-11/h4,6-7H,1,5H2,2-3H3. The summed E-state index contributed by atoms with van der Waals surface area (Å²) in [6.45, 7) is 7.87. The van der Waals surface area contributed by atoms with Gasteiger partial charge in [0.25, 0.3) is 0 Å². The summed E-state index contributed by atoms with van der Waals surface area (Å²) in [5.74, 6) is 0. The average Bonchev–Trinajstić information content (AvgIpc) is 1.85. The Bertz CT molecular complexity index is 238. The summed E-state index contributed by atoms with van der Waals surface area (Å²) < 4.78 is 0. The van der Waals surface area contributed by atoms with E-state index in [-0.39, 0.29) is 0 Å². The van der Waals surface area contributed by atoms with E-state index in [0.717, 1.165) is 6.42 Å². The third-order valence-electron chi connectivity index (χ3n) is 1.57. The molecule has 0 aliphatic rings. The molecule has 0 aromatic heterocycles. The second kappa shape index (κ2) is 3.38. The van der Waals surface area contributed by atoms with Crippen molar-refractivity contribution in [2.45, 2.75) is 20.3 Å². The minimum Gasteiger partial charge on any atom is -0.103 e. The highest BCUT2D eigenvalue weighted by Gasteiger charge is 1.92. The Labute approximate surface area is 68.6 Å². The number of hydrogen-bond donors (Lipinski definition) is 0. The zero-order valence-corrected chi connectivity index (χ0v) is 7.15. The Balaban J connectivity index is 2.98. The second-order valence-corrected chi connectivity index (χ2v) is 2.86. The monoisotopic (exact) mass is 145 g/mol. The molecule has 1 rings (SSSR count). The highest BCUT2D eigenvalue weighted by Crippen LogP contribution is 2.08. The molecule has 0 N–H and O–H groups in total. The molecule has 1 radical (unpaired) electrons. The van der Waals surface area contributed by atoms with Crippen LogP contribution in [0, 0.1) is 19.9 Å². The van der Waals surface area contributed by atoms with E-state index in [1.807, 2.05) is 6.08 Å². The lowest BCUT2D eigenvalue weighted by atomic mass is 10.1. The maximum atomic E-state index is 3.70. The molecular weight excluding hydrogens is 132 g/mol. The molecule has 0 saturated heterocycles. The molecule has 0 aliphatic heterocycles. The van der Waals surface area contributed by atoms with E-state index in [1.54, 1.807) is 0 Å². The number of aryl methyl sites for hydroxylation is 2. The van der Waals surface area contributed by atoms with Crippen molar-refractivity contribution < 1.29 is 0 Å². The minimum atomic E-state index is 0.919. The molecule has 57 valence electrons. The average molecular weight is 145 g/mol. The normalized spacial score (nSPS) is 9.64. The molecule has 0 unspecified atom stereocenters. The van der Waals surface area contributed by atoms with Gasteiger partial charge in [-0.1, -0.05) is 23.8 Å². The van der Waals surface area contributed by atoms with E-state index in [9.17, 15) is 0 Å². The molecule has 0 bridgehead atoms. The van der Waals surface area contributed by atoms with Gasteiger partial charge in [-0.3, -0.25) is 0 Å². The summed E-state index contributed by atoms with van der Waals surface area (Å²) >= 11 is 0. The predicted octanol–water partition coefficient (Wildman–Crippen LogP) is 2.83. The third-order valence-corrected chi connectivity index (χ3v) is 1.57. The first kappa shape index (κ1) is 8.06. The summed E-state index contributed by atoms with van der Waals surface area (Å²) in [5, 5.41) is 0. The number of rotatable bonds is 2. The van der Waals surface area contributed by atoms with Crippen molar-refractivity contribution in [1.29, 1.82) is 0 Å². The lowest BCUT2D eigenvalue weighted by Gasteiger charge is -2.00. The van der Waals surface area contributed by atoms with Crippen LogP contribution in [-0.2, 0) is 6.42 Å². The fourth-order valence-corrected chi connectivity index (χ4v) is 1.25. The number of allylic oxidation sites excluding steroid dienone is 1. The first-order valence-corrected chi connectivity index (χ1v) is 3.82. The Kier molecular flexibility index (Phi) is 2.48. The van der Waals surface area contributed by atoms with E-state index in [2.05, 4.69) is 38.6 Å². The molecule has 0 saturated carbocycles. The van der Waals surface area contributed by atoms with Crippen LogP contribution >= 0.6 is 0 Å². The highest BCUT2D eigenvalue weighted by molar-refractivity contribution is 5.28. The van der Waals surface area contributed by atoms with Crippen LogP contribution in [0.5, 0.6) is 0 Å². The highest BCUT2D eigenvalue weighted by atomic mass is 14.0. The Morgan fingerprint density at radius 3 is 2.73 bits per heavy atom. The lowest BCUT2D eigenvalue weighted by molar-refractivity contribution is 1.22. The van der Waals surface area contributed by atoms with E-state index in [1.165, 1.54) is 16.7 Å². The van der Waals surface area contributed by atoms with E-state index < -0.39 is 0 Å². The van der Waals surface area contributed by atoms with Gasteiger partial charge in [0.2, 0.25) is 0 Å². The molecule has 11 heavy (non-hydrogen) atoms. The quantitative estimate of drug-likeness (QED) is 0.561. The Morgan fingerprint density at radius 2 is 2.18 bits per heavy atom. The van der Waals surface area contributed by atoms with Gasteiger partial charge in [-0.2, -0.15) is 0 Å². The van der Waals surface area contributed by atoms with Gasteiger partial charge in [-0.05, 0) is 37.5 Å². The van der Waals surface area contributed by atoms with Gasteiger partial charge >= 0.3 is 0 Å². The van der Waals surface area contributed by atoms with Crippen molar-refractivity contribution in [3.8, 4) is 0 Å². The van der Waals surface area contributed by atoms with Crippen LogP contribution < -0.4 is 0 Å².